The molecule has 3 unspecified atom stereocenters. The van der Waals surface area contributed by atoms with E-state index in [1.165, 1.54) is 24.8 Å². The van der Waals surface area contributed by atoms with Gasteiger partial charge in [0.25, 0.3) is 0 Å². The van der Waals surface area contributed by atoms with Crippen LogP contribution < -0.4 is 5.32 Å². The van der Waals surface area contributed by atoms with Gasteiger partial charge in [0.05, 0.1) is 0 Å². The normalized spacial score (nSPS) is 27.5. The summed E-state index contributed by atoms with van der Waals surface area (Å²) in [6, 6.07) is 4.82. The smallest absolute Gasteiger partial charge is 0.121 e. The maximum Gasteiger partial charge on any atom is 0.121 e. The molecular formula is C17H27NO. The summed E-state index contributed by atoms with van der Waals surface area (Å²) < 4.78 is 0. The van der Waals surface area contributed by atoms with Crippen LogP contribution in [0.3, 0.4) is 0 Å². The van der Waals surface area contributed by atoms with Gasteiger partial charge in [0.2, 0.25) is 0 Å². The van der Waals surface area contributed by atoms with Gasteiger partial charge >= 0.3 is 0 Å². The van der Waals surface area contributed by atoms with E-state index in [0.717, 1.165) is 29.5 Å². The molecule has 106 valence electrons. The van der Waals surface area contributed by atoms with Gasteiger partial charge in [0.1, 0.15) is 5.75 Å². The number of aromatic hydroxyl groups is 1. The van der Waals surface area contributed by atoms with E-state index >= 15 is 0 Å². The Morgan fingerprint density at radius 2 is 1.79 bits per heavy atom. The molecule has 0 aliphatic heterocycles. The Balaban J connectivity index is 1.95. The zero-order valence-corrected chi connectivity index (χ0v) is 12.7. The molecule has 2 rings (SSSR count). The van der Waals surface area contributed by atoms with Gasteiger partial charge in [-0.3, -0.25) is 0 Å². The summed E-state index contributed by atoms with van der Waals surface area (Å²) in [5.74, 6) is 2.08. The molecule has 1 fully saturated rings. The molecule has 1 aliphatic carbocycles. The Morgan fingerprint density at radius 1 is 1.16 bits per heavy atom. The molecule has 1 aromatic rings. The van der Waals surface area contributed by atoms with E-state index in [9.17, 15) is 5.11 Å². The molecule has 0 radical (unpaired) electrons. The van der Waals surface area contributed by atoms with E-state index in [-0.39, 0.29) is 0 Å². The van der Waals surface area contributed by atoms with Gasteiger partial charge in [-0.15, -0.1) is 0 Å². The topological polar surface area (TPSA) is 32.3 Å². The Bertz CT molecular complexity index is 418. The van der Waals surface area contributed by atoms with Crippen LogP contribution in [0.15, 0.2) is 12.1 Å². The maximum absolute atomic E-state index is 9.80. The maximum atomic E-state index is 9.80. The second-order valence-electron chi connectivity index (χ2n) is 6.46. The number of hydrogen-bond donors (Lipinski definition) is 2. The SMILES string of the molecule is Cc1cc(CNC2CCC(C)CC2C)cc(C)c1O. The van der Waals surface area contributed by atoms with Crippen molar-refractivity contribution < 1.29 is 5.11 Å². The highest BCUT2D eigenvalue weighted by Crippen LogP contribution is 2.29. The molecule has 1 aliphatic rings. The van der Waals surface area contributed by atoms with E-state index in [1.807, 2.05) is 13.8 Å². The van der Waals surface area contributed by atoms with Crippen molar-refractivity contribution in [1.82, 2.24) is 5.32 Å². The molecule has 0 spiro atoms. The van der Waals surface area contributed by atoms with Crippen molar-refractivity contribution >= 4 is 0 Å². The van der Waals surface area contributed by atoms with Crippen LogP contribution in [0, 0.1) is 25.7 Å². The van der Waals surface area contributed by atoms with Gasteiger partial charge in [-0.05, 0) is 61.6 Å². The summed E-state index contributed by atoms with van der Waals surface area (Å²) in [6.07, 6.45) is 3.97. The summed E-state index contributed by atoms with van der Waals surface area (Å²) in [4.78, 5) is 0. The fraction of sp³-hybridized carbons (Fsp3) is 0.647. The minimum atomic E-state index is 0.434. The molecule has 2 N–H and O–H groups in total. The third-order valence-electron chi connectivity index (χ3n) is 4.55. The quantitative estimate of drug-likeness (QED) is 0.864. The monoisotopic (exact) mass is 261 g/mol. The Hall–Kier alpha value is -1.02. The van der Waals surface area contributed by atoms with E-state index in [2.05, 4.69) is 31.3 Å². The van der Waals surface area contributed by atoms with Gasteiger partial charge in [-0.25, -0.2) is 0 Å². The molecule has 2 nitrogen and oxygen atoms in total. The third kappa shape index (κ3) is 3.50. The van der Waals surface area contributed by atoms with Crippen LogP contribution in [-0.2, 0) is 6.54 Å². The summed E-state index contributed by atoms with van der Waals surface area (Å²) in [5, 5.41) is 13.5. The van der Waals surface area contributed by atoms with Crippen LogP contribution in [0.4, 0.5) is 0 Å². The van der Waals surface area contributed by atoms with Crippen LogP contribution in [-0.4, -0.2) is 11.1 Å². The molecule has 3 atom stereocenters. The lowest BCUT2D eigenvalue weighted by Crippen LogP contribution is -2.38. The predicted octanol–water partition coefficient (Wildman–Crippen LogP) is 3.92. The Kier molecular flexibility index (Phi) is 4.51. The standard InChI is InChI=1S/C17H27NO/c1-11-5-6-16(12(2)7-11)18-10-15-8-13(3)17(19)14(4)9-15/h8-9,11-12,16,18-19H,5-7,10H2,1-4H3. The van der Waals surface area contributed by atoms with Gasteiger partial charge < -0.3 is 10.4 Å². The lowest BCUT2D eigenvalue weighted by Gasteiger charge is -2.33. The minimum absolute atomic E-state index is 0.434. The first kappa shape index (κ1) is 14.4. The zero-order chi connectivity index (χ0) is 14.0. The highest BCUT2D eigenvalue weighted by Gasteiger charge is 2.24. The number of phenolic OH excluding ortho intramolecular Hbond substituents is 1. The fourth-order valence-electron chi connectivity index (χ4n) is 3.37. The Labute approximate surface area is 117 Å². The number of benzene rings is 1. The van der Waals surface area contributed by atoms with Crippen LogP contribution in [0.25, 0.3) is 0 Å². The highest BCUT2D eigenvalue weighted by atomic mass is 16.3. The molecule has 1 saturated carbocycles. The van der Waals surface area contributed by atoms with E-state index in [1.54, 1.807) is 0 Å². The summed E-state index contributed by atoms with van der Waals surface area (Å²) >= 11 is 0. The summed E-state index contributed by atoms with van der Waals surface area (Å²) in [5.41, 5.74) is 3.22. The first-order chi connectivity index (χ1) is 8.97. The molecular weight excluding hydrogens is 234 g/mol. The van der Waals surface area contributed by atoms with Crippen LogP contribution in [0.5, 0.6) is 5.75 Å². The molecule has 19 heavy (non-hydrogen) atoms. The van der Waals surface area contributed by atoms with Crippen molar-refractivity contribution in [2.75, 3.05) is 0 Å². The third-order valence-corrected chi connectivity index (χ3v) is 4.55. The van der Waals surface area contributed by atoms with Crippen LogP contribution in [0.1, 0.15) is 49.8 Å². The second-order valence-corrected chi connectivity index (χ2v) is 6.46. The number of rotatable bonds is 3. The average Bonchev–Trinajstić information content (AvgIpc) is 2.34. The van der Waals surface area contributed by atoms with Gasteiger partial charge in [0, 0.05) is 12.6 Å². The highest BCUT2D eigenvalue weighted by molar-refractivity contribution is 5.42. The predicted molar refractivity (Wildman–Crippen MR) is 80.4 cm³/mol. The van der Waals surface area contributed by atoms with Crippen molar-refractivity contribution in [2.24, 2.45) is 11.8 Å². The molecule has 0 heterocycles. The average molecular weight is 261 g/mol. The van der Waals surface area contributed by atoms with Crippen LogP contribution >= 0.6 is 0 Å². The minimum Gasteiger partial charge on any atom is -0.507 e. The second kappa shape index (κ2) is 5.96. The first-order valence-electron chi connectivity index (χ1n) is 7.50. The molecule has 2 heteroatoms. The number of hydrogen-bond acceptors (Lipinski definition) is 2. The van der Waals surface area contributed by atoms with E-state index in [0.29, 0.717) is 11.8 Å². The van der Waals surface area contributed by atoms with E-state index in [4.69, 9.17) is 0 Å². The lowest BCUT2D eigenvalue weighted by molar-refractivity contribution is 0.227. The summed E-state index contributed by atoms with van der Waals surface area (Å²) in [7, 11) is 0. The Morgan fingerprint density at radius 3 is 2.37 bits per heavy atom. The number of aryl methyl sites for hydroxylation is 2. The van der Waals surface area contributed by atoms with Gasteiger partial charge in [-0.2, -0.15) is 0 Å². The van der Waals surface area contributed by atoms with Crippen LogP contribution in [0.2, 0.25) is 0 Å². The largest absolute Gasteiger partial charge is 0.507 e. The van der Waals surface area contributed by atoms with Crippen molar-refractivity contribution in [1.29, 1.82) is 0 Å². The summed E-state index contributed by atoms with van der Waals surface area (Å²) in [6.45, 7) is 9.57. The fourth-order valence-corrected chi connectivity index (χ4v) is 3.37. The van der Waals surface area contributed by atoms with E-state index < -0.39 is 0 Å². The lowest BCUT2D eigenvalue weighted by atomic mass is 9.80. The van der Waals surface area contributed by atoms with Gasteiger partial charge in [-0.1, -0.05) is 26.0 Å². The molecule has 0 saturated heterocycles. The molecule has 1 aromatic carbocycles. The first-order valence-corrected chi connectivity index (χ1v) is 7.50. The molecule has 0 aromatic heterocycles. The number of phenols is 1. The van der Waals surface area contributed by atoms with Crippen molar-refractivity contribution in [3.8, 4) is 5.75 Å². The van der Waals surface area contributed by atoms with Gasteiger partial charge in [0.15, 0.2) is 0 Å². The number of nitrogens with one attached hydrogen (secondary N) is 1. The van der Waals surface area contributed by atoms with Crippen molar-refractivity contribution in [3.05, 3.63) is 28.8 Å². The van der Waals surface area contributed by atoms with Crippen molar-refractivity contribution in [3.63, 3.8) is 0 Å². The molecule has 0 amide bonds. The molecule has 0 bridgehead atoms. The zero-order valence-electron chi connectivity index (χ0n) is 12.7. The van der Waals surface area contributed by atoms with Crippen molar-refractivity contribution in [2.45, 2.75) is 59.5 Å².